The minimum absolute atomic E-state index is 0.185. The second kappa shape index (κ2) is 7.64. The lowest BCUT2D eigenvalue weighted by Gasteiger charge is -2.13. The molecule has 0 saturated carbocycles. The Labute approximate surface area is 131 Å². The molecule has 0 radical (unpaired) electrons. The Bertz CT molecular complexity index is 681. The van der Waals surface area contributed by atoms with Gasteiger partial charge in [-0.3, -0.25) is 9.78 Å². The highest BCUT2D eigenvalue weighted by Gasteiger charge is 2.22. The van der Waals surface area contributed by atoms with E-state index in [0.717, 1.165) is 12.1 Å². The van der Waals surface area contributed by atoms with Crippen molar-refractivity contribution >= 4 is 5.91 Å². The Hall–Kier alpha value is -2.54. The van der Waals surface area contributed by atoms with Crippen LogP contribution >= 0.6 is 0 Å². The quantitative estimate of drug-likeness (QED) is 0.855. The van der Waals surface area contributed by atoms with Crippen molar-refractivity contribution in [2.24, 2.45) is 0 Å². The summed E-state index contributed by atoms with van der Waals surface area (Å²) < 4.78 is 32.9. The molecule has 1 aromatic heterocycles. The molecule has 2 N–H and O–H groups in total. The van der Waals surface area contributed by atoms with Gasteiger partial charge < -0.3 is 15.2 Å². The normalized spacial score (nSPS) is 11.8. The average molecular weight is 322 g/mol. The topological polar surface area (TPSA) is 71.5 Å². The summed E-state index contributed by atoms with van der Waals surface area (Å²) in [6.07, 6.45) is 1.97. The number of rotatable bonds is 6. The number of aliphatic hydroxyl groups excluding tert-OH is 1. The third-order valence-electron chi connectivity index (χ3n) is 3.13. The number of hydrogen-bond donors (Lipinski definition) is 2. The molecule has 2 rings (SSSR count). The van der Waals surface area contributed by atoms with Crippen LogP contribution in [-0.4, -0.2) is 29.1 Å². The van der Waals surface area contributed by atoms with Crippen LogP contribution in [0, 0.1) is 11.6 Å². The van der Waals surface area contributed by atoms with Crippen LogP contribution < -0.4 is 10.1 Å². The van der Waals surface area contributed by atoms with Gasteiger partial charge in [0.15, 0.2) is 11.6 Å². The van der Waals surface area contributed by atoms with E-state index in [1.54, 1.807) is 19.1 Å². The van der Waals surface area contributed by atoms with Crippen LogP contribution in [0.25, 0.3) is 0 Å². The van der Waals surface area contributed by atoms with Crippen molar-refractivity contribution in [2.45, 2.75) is 13.0 Å². The third kappa shape index (κ3) is 4.01. The zero-order valence-electron chi connectivity index (χ0n) is 12.4. The van der Waals surface area contributed by atoms with E-state index in [9.17, 15) is 18.7 Å². The molecule has 1 aromatic carbocycles. The number of carbonyl (C=O) groups is 1. The summed E-state index contributed by atoms with van der Waals surface area (Å²) in [5.74, 6) is -3.23. The largest absolute Gasteiger partial charge is 0.491 e. The molecule has 0 aliphatic rings. The molecule has 1 amide bonds. The predicted molar refractivity (Wildman–Crippen MR) is 79.1 cm³/mol. The highest BCUT2D eigenvalue weighted by Crippen LogP contribution is 2.23. The second-order valence-electron chi connectivity index (χ2n) is 4.67. The van der Waals surface area contributed by atoms with E-state index in [4.69, 9.17) is 4.74 Å². The first-order chi connectivity index (χ1) is 11.0. The maximum atomic E-state index is 14.1. The van der Waals surface area contributed by atoms with Gasteiger partial charge in [-0.2, -0.15) is 0 Å². The van der Waals surface area contributed by atoms with Gasteiger partial charge in [0.2, 0.25) is 0 Å². The third-order valence-corrected chi connectivity index (χ3v) is 3.13. The summed E-state index contributed by atoms with van der Waals surface area (Å²) in [6.45, 7) is 1.64. The van der Waals surface area contributed by atoms with E-state index < -0.39 is 29.2 Å². The number of hydrogen-bond acceptors (Lipinski definition) is 4. The standard InChI is InChI=1S/C16H16F2N2O3/c1-2-23-13-4-3-11(17)14(15(13)18)16(22)20-9-12(21)10-5-7-19-8-6-10/h3-8,12,21H,2,9H2,1H3,(H,20,22). The van der Waals surface area contributed by atoms with Crippen LogP contribution in [0.5, 0.6) is 5.75 Å². The Morgan fingerprint density at radius 1 is 1.30 bits per heavy atom. The van der Waals surface area contributed by atoms with Crippen molar-refractivity contribution in [2.75, 3.05) is 13.2 Å². The summed E-state index contributed by atoms with van der Waals surface area (Å²) in [4.78, 5) is 15.8. The molecule has 0 aliphatic heterocycles. The lowest BCUT2D eigenvalue weighted by molar-refractivity contribution is 0.0906. The van der Waals surface area contributed by atoms with E-state index in [1.165, 1.54) is 12.4 Å². The number of nitrogens with zero attached hydrogens (tertiary/aromatic N) is 1. The van der Waals surface area contributed by atoms with Crippen molar-refractivity contribution in [3.8, 4) is 5.75 Å². The molecule has 2 aromatic rings. The zero-order chi connectivity index (χ0) is 16.8. The molecule has 5 nitrogen and oxygen atoms in total. The minimum Gasteiger partial charge on any atom is -0.491 e. The van der Waals surface area contributed by atoms with Gasteiger partial charge in [0.1, 0.15) is 11.4 Å². The van der Waals surface area contributed by atoms with E-state index >= 15 is 0 Å². The molecule has 1 unspecified atom stereocenters. The highest BCUT2D eigenvalue weighted by atomic mass is 19.1. The molecule has 0 spiro atoms. The fourth-order valence-electron chi connectivity index (χ4n) is 1.99. The van der Waals surface area contributed by atoms with Gasteiger partial charge >= 0.3 is 0 Å². The second-order valence-corrected chi connectivity index (χ2v) is 4.67. The molecule has 23 heavy (non-hydrogen) atoms. The van der Waals surface area contributed by atoms with Crippen LogP contribution in [-0.2, 0) is 0 Å². The number of ether oxygens (including phenoxy) is 1. The summed E-state index contributed by atoms with van der Waals surface area (Å²) in [6, 6.07) is 5.24. The maximum absolute atomic E-state index is 14.1. The van der Waals surface area contributed by atoms with Crippen molar-refractivity contribution in [3.63, 3.8) is 0 Å². The van der Waals surface area contributed by atoms with Gasteiger partial charge in [-0.1, -0.05) is 0 Å². The number of aromatic nitrogens is 1. The number of halogens is 2. The zero-order valence-corrected chi connectivity index (χ0v) is 12.4. The van der Waals surface area contributed by atoms with Gasteiger partial charge in [0.05, 0.1) is 12.7 Å². The molecular formula is C16H16F2N2O3. The van der Waals surface area contributed by atoms with E-state index in [0.29, 0.717) is 5.56 Å². The fraction of sp³-hybridized carbons (Fsp3) is 0.250. The van der Waals surface area contributed by atoms with Crippen molar-refractivity contribution < 1.29 is 23.4 Å². The number of carbonyl (C=O) groups excluding carboxylic acids is 1. The summed E-state index contributed by atoms with van der Waals surface area (Å²) in [7, 11) is 0. The summed E-state index contributed by atoms with van der Waals surface area (Å²) in [5.41, 5.74) is -0.206. The maximum Gasteiger partial charge on any atom is 0.257 e. The predicted octanol–water partition coefficient (Wildman–Crippen LogP) is 2.22. The van der Waals surface area contributed by atoms with E-state index in [2.05, 4.69) is 10.3 Å². The number of amides is 1. The summed E-state index contributed by atoms with van der Waals surface area (Å²) >= 11 is 0. The molecule has 1 heterocycles. The Kier molecular flexibility index (Phi) is 5.59. The Morgan fingerprint density at radius 3 is 2.65 bits per heavy atom. The molecule has 122 valence electrons. The first kappa shape index (κ1) is 16.8. The number of nitrogens with one attached hydrogen (secondary N) is 1. The van der Waals surface area contributed by atoms with Gasteiger partial charge in [-0.05, 0) is 36.8 Å². The van der Waals surface area contributed by atoms with Crippen LogP contribution in [0.4, 0.5) is 8.78 Å². The summed E-state index contributed by atoms with van der Waals surface area (Å²) in [5, 5.41) is 12.2. The first-order valence-electron chi connectivity index (χ1n) is 7.01. The molecule has 1 atom stereocenters. The molecule has 7 heteroatoms. The minimum atomic E-state index is -1.07. The molecular weight excluding hydrogens is 306 g/mol. The van der Waals surface area contributed by atoms with Crippen molar-refractivity contribution in [1.29, 1.82) is 0 Å². The van der Waals surface area contributed by atoms with Crippen LogP contribution in [0.1, 0.15) is 28.9 Å². The van der Waals surface area contributed by atoms with Gasteiger partial charge in [0.25, 0.3) is 5.91 Å². The highest BCUT2D eigenvalue weighted by molar-refractivity contribution is 5.95. The molecule has 0 aliphatic carbocycles. The Morgan fingerprint density at radius 2 is 2.00 bits per heavy atom. The van der Waals surface area contributed by atoms with E-state index in [1.807, 2.05) is 0 Å². The van der Waals surface area contributed by atoms with Gasteiger partial charge in [-0.25, -0.2) is 8.78 Å². The van der Waals surface area contributed by atoms with Crippen LogP contribution in [0.3, 0.4) is 0 Å². The van der Waals surface area contributed by atoms with Gasteiger partial charge in [-0.15, -0.1) is 0 Å². The van der Waals surface area contributed by atoms with Crippen LogP contribution in [0.2, 0.25) is 0 Å². The Balaban J connectivity index is 2.10. The number of benzene rings is 1. The van der Waals surface area contributed by atoms with Crippen molar-refractivity contribution in [3.05, 3.63) is 59.4 Å². The SMILES string of the molecule is CCOc1ccc(F)c(C(=O)NCC(O)c2ccncc2)c1F. The number of pyridine rings is 1. The van der Waals surface area contributed by atoms with Gasteiger partial charge in [0, 0.05) is 18.9 Å². The van der Waals surface area contributed by atoms with Crippen LogP contribution in [0.15, 0.2) is 36.7 Å². The molecule has 0 saturated heterocycles. The lowest BCUT2D eigenvalue weighted by atomic mass is 10.1. The average Bonchev–Trinajstić information content (AvgIpc) is 2.56. The first-order valence-corrected chi connectivity index (χ1v) is 7.01. The lowest BCUT2D eigenvalue weighted by Crippen LogP contribution is -2.30. The fourth-order valence-corrected chi connectivity index (χ4v) is 1.99. The van der Waals surface area contributed by atoms with E-state index in [-0.39, 0.29) is 18.9 Å². The molecule has 0 bridgehead atoms. The van der Waals surface area contributed by atoms with Crippen molar-refractivity contribution in [1.82, 2.24) is 10.3 Å². The molecule has 0 fully saturated rings. The number of aliphatic hydroxyl groups is 1. The smallest absolute Gasteiger partial charge is 0.257 e. The monoisotopic (exact) mass is 322 g/mol.